The van der Waals surface area contributed by atoms with Crippen molar-refractivity contribution >= 4 is 11.8 Å². The fourth-order valence-electron chi connectivity index (χ4n) is 2.23. The molecule has 0 saturated carbocycles. The van der Waals surface area contributed by atoms with Crippen LogP contribution in [0.25, 0.3) is 0 Å². The monoisotopic (exact) mass is 249 g/mol. The highest BCUT2D eigenvalue weighted by Gasteiger charge is 2.18. The number of hydrogen-bond donors (Lipinski definition) is 1. The normalized spacial score (nSPS) is 16.9. The fraction of sp³-hybridized carbons (Fsp3) is 0.538. The quantitative estimate of drug-likeness (QED) is 0.873. The van der Waals surface area contributed by atoms with Crippen molar-refractivity contribution in [1.29, 1.82) is 0 Å². The third kappa shape index (κ3) is 2.61. The summed E-state index contributed by atoms with van der Waals surface area (Å²) in [4.78, 5) is 19.8. The van der Waals surface area contributed by atoms with Gasteiger partial charge in [-0.2, -0.15) is 0 Å². The smallest absolute Gasteiger partial charge is 0.337 e. The maximum Gasteiger partial charge on any atom is 0.337 e. The van der Waals surface area contributed by atoms with Gasteiger partial charge in [0.25, 0.3) is 0 Å². The number of anilines is 1. The molecule has 0 aliphatic carbocycles. The molecule has 0 radical (unpaired) electrons. The number of likely N-dealkylation sites (N-methyl/N-ethyl adjacent to an activating group) is 1. The number of pyridine rings is 1. The van der Waals surface area contributed by atoms with Gasteiger partial charge in [0.05, 0.1) is 5.56 Å². The summed E-state index contributed by atoms with van der Waals surface area (Å²) < 4.78 is 0. The number of carbonyl (C=O) groups is 1. The molecule has 1 aromatic heterocycles. The van der Waals surface area contributed by atoms with Gasteiger partial charge in [-0.25, -0.2) is 9.78 Å². The number of carboxylic acids is 1. The number of hydrogen-bond acceptors (Lipinski definition) is 4. The minimum atomic E-state index is -0.914. The second-order valence-corrected chi connectivity index (χ2v) is 4.58. The summed E-state index contributed by atoms with van der Waals surface area (Å²) in [5.41, 5.74) is 1.05. The number of aromatic nitrogens is 1. The van der Waals surface area contributed by atoms with Crippen LogP contribution in [-0.4, -0.2) is 53.7 Å². The molecular weight excluding hydrogens is 230 g/mol. The highest BCUT2D eigenvalue weighted by atomic mass is 16.4. The molecule has 0 amide bonds. The number of nitrogens with zero attached hydrogens (tertiary/aromatic N) is 3. The third-order valence-corrected chi connectivity index (χ3v) is 3.47. The van der Waals surface area contributed by atoms with Crippen molar-refractivity contribution < 1.29 is 9.90 Å². The lowest BCUT2D eigenvalue weighted by molar-refractivity contribution is 0.0695. The molecule has 0 spiro atoms. The van der Waals surface area contributed by atoms with E-state index >= 15 is 0 Å². The number of aryl methyl sites for hydroxylation is 1. The molecule has 2 heterocycles. The minimum Gasteiger partial charge on any atom is -0.478 e. The summed E-state index contributed by atoms with van der Waals surface area (Å²) in [6, 6.07) is 1.87. The molecular formula is C13H19N3O2. The molecule has 2 rings (SSSR count). The van der Waals surface area contributed by atoms with Gasteiger partial charge in [-0.15, -0.1) is 0 Å². The van der Waals surface area contributed by atoms with Crippen molar-refractivity contribution in [2.24, 2.45) is 0 Å². The van der Waals surface area contributed by atoms with Gasteiger partial charge in [0.2, 0.25) is 0 Å². The Labute approximate surface area is 107 Å². The summed E-state index contributed by atoms with van der Waals surface area (Å²) in [5, 5.41) is 8.97. The molecule has 0 unspecified atom stereocenters. The Hall–Kier alpha value is -1.62. The first-order chi connectivity index (χ1) is 8.61. The molecule has 1 aromatic rings. The van der Waals surface area contributed by atoms with Crippen LogP contribution in [0.15, 0.2) is 12.3 Å². The molecule has 18 heavy (non-hydrogen) atoms. The SMILES string of the molecule is CCN1CCN(c2cc(C)c(C(=O)O)cn2)CC1. The van der Waals surface area contributed by atoms with Crippen molar-refractivity contribution in [2.75, 3.05) is 37.6 Å². The highest BCUT2D eigenvalue weighted by Crippen LogP contribution is 2.17. The Balaban J connectivity index is 2.11. The van der Waals surface area contributed by atoms with Gasteiger partial charge in [-0.05, 0) is 25.1 Å². The molecule has 1 aliphatic rings. The van der Waals surface area contributed by atoms with Crippen LogP contribution in [0.2, 0.25) is 0 Å². The van der Waals surface area contributed by atoms with E-state index in [1.165, 1.54) is 6.20 Å². The van der Waals surface area contributed by atoms with E-state index in [2.05, 4.69) is 21.7 Å². The largest absolute Gasteiger partial charge is 0.478 e. The molecule has 1 saturated heterocycles. The summed E-state index contributed by atoms with van der Waals surface area (Å²) in [7, 11) is 0. The van der Waals surface area contributed by atoms with E-state index in [0.29, 0.717) is 0 Å². The molecule has 1 aliphatic heterocycles. The van der Waals surface area contributed by atoms with Crippen molar-refractivity contribution in [3.05, 3.63) is 23.4 Å². The van der Waals surface area contributed by atoms with Gasteiger partial charge in [0, 0.05) is 32.4 Å². The zero-order chi connectivity index (χ0) is 13.1. The predicted molar refractivity (Wildman–Crippen MR) is 70.3 cm³/mol. The van der Waals surface area contributed by atoms with Gasteiger partial charge in [0.15, 0.2) is 0 Å². The van der Waals surface area contributed by atoms with Crippen LogP contribution in [-0.2, 0) is 0 Å². The van der Waals surface area contributed by atoms with Crippen molar-refractivity contribution in [3.8, 4) is 0 Å². The van der Waals surface area contributed by atoms with E-state index in [9.17, 15) is 4.79 Å². The van der Waals surface area contributed by atoms with Crippen LogP contribution in [0.3, 0.4) is 0 Å². The van der Waals surface area contributed by atoms with Crippen LogP contribution in [0.1, 0.15) is 22.8 Å². The van der Waals surface area contributed by atoms with E-state index in [-0.39, 0.29) is 5.56 Å². The van der Waals surface area contributed by atoms with Gasteiger partial charge in [0.1, 0.15) is 5.82 Å². The van der Waals surface area contributed by atoms with Gasteiger partial charge in [-0.1, -0.05) is 6.92 Å². The molecule has 1 fully saturated rings. The van der Waals surface area contributed by atoms with Crippen LogP contribution in [0.5, 0.6) is 0 Å². The van der Waals surface area contributed by atoms with Crippen molar-refractivity contribution in [1.82, 2.24) is 9.88 Å². The number of piperazine rings is 1. The molecule has 0 bridgehead atoms. The number of aromatic carboxylic acids is 1. The zero-order valence-electron chi connectivity index (χ0n) is 10.9. The van der Waals surface area contributed by atoms with Crippen LogP contribution in [0, 0.1) is 6.92 Å². The average Bonchev–Trinajstić information content (AvgIpc) is 2.38. The molecule has 98 valence electrons. The van der Waals surface area contributed by atoms with Gasteiger partial charge in [-0.3, -0.25) is 0 Å². The molecule has 0 aromatic carbocycles. The number of rotatable bonds is 3. The van der Waals surface area contributed by atoms with E-state index in [1.807, 2.05) is 13.0 Å². The van der Waals surface area contributed by atoms with E-state index in [0.717, 1.165) is 44.1 Å². The first-order valence-electron chi connectivity index (χ1n) is 6.29. The molecule has 5 heteroatoms. The van der Waals surface area contributed by atoms with Gasteiger partial charge >= 0.3 is 5.97 Å². The lowest BCUT2D eigenvalue weighted by Gasteiger charge is -2.34. The Morgan fingerprint density at radius 2 is 2.06 bits per heavy atom. The van der Waals surface area contributed by atoms with Crippen molar-refractivity contribution in [3.63, 3.8) is 0 Å². The Bertz CT molecular complexity index is 440. The highest BCUT2D eigenvalue weighted by molar-refractivity contribution is 5.89. The van der Waals surface area contributed by atoms with Gasteiger partial charge < -0.3 is 14.9 Å². The summed E-state index contributed by atoms with van der Waals surface area (Å²) in [6.45, 7) is 9.05. The van der Waals surface area contributed by atoms with Crippen LogP contribution in [0.4, 0.5) is 5.82 Å². The summed E-state index contributed by atoms with van der Waals surface area (Å²) >= 11 is 0. The first kappa shape index (κ1) is 12.8. The van der Waals surface area contributed by atoms with E-state index in [1.54, 1.807) is 0 Å². The van der Waals surface area contributed by atoms with E-state index < -0.39 is 5.97 Å². The first-order valence-corrected chi connectivity index (χ1v) is 6.29. The standard InChI is InChI=1S/C13H19N3O2/c1-3-15-4-6-16(7-5-15)12-8-10(2)11(9-14-12)13(17)18/h8-9H,3-7H2,1-2H3,(H,17,18). The molecule has 5 nitrogen and oxygen atoms in total. The van der Waals surface area contributed by atoms with Crippen molar-refractivity contribution in [2.45, 2.75) is 13.8 Å². The van der Waals surface area contributed by atoms with Crippen LogP contribution < -0.4 is 4.90 Å². The second kappa shape index (κ2) is 5.35. The fourth-order valence-corrected chi connectivity index (χ4v) is 2.23. The molecule has 1 N–H and O–H groups in total. The Kier molecular flexibility index (Phi) is 3.81. The topological polar surface area (TPSA) is 56.7 Å². The second-order valence-electron chi connectivity index (χ2n) is 4.58. The lowest BCUT2D eigenvalue weighted by Crippen LogP contribution is -2.46. The summed E-state index contributed by atoms with van der Waals surface area (Å²) in [5.74, 6) is -0.0318. The molecule has 0 atom stereocenters. The average molecular weight is 249 g/mol. The maximum absolute atomic E-state index is 10.9. The maximum atomic E-state index is 10.9. The van der Waals surface area contributed by atoms with E-state index in [4.69, 9.17) is 5.11 Å². The number of carboxylic acid groups (broad SMARTS) is 1. The van der Waals surface area contributed by atoms with Crippen LogP contribution >= 0.6 is 0 Å². The summed E-state index contributed by atoms with van der Waals surface area (Å²) in [6.07, 6.45) is 1.46. The minimum absolute atomic E-state index is 0.283. The predicted octanol–water partition coefficient (Wildman–Crippen LogP) is 1.23. The zero-order valence-corrected chi connectivity index (χ0v) is 10.9. The third-order valence-electron chi connectivity index (χ3n) is 3.47. The Morgan fingerprint density at radius 3 is 2.56 bits per heavy atom. The lowest BCUT2D eigenvalue weighted by atomic mass is 10.1. The Morgan fingerprint density at radius 1 is 1.39 bits per heavy atom.